The van der Waals surface area contributed by atoms with Crippen molar-refractivity contribution < 1.29 is 9.21 Å². The molecule has 128 valence electrons. The van der Waals surface area contributed by atoms with Crippen LogP contribution in [0.1, 0.15) is 29.0 Å². The third-order valence-electron chi connectivity index (χ3n) is 3.96. The van der Waals surface area contributed by atoms with Crippen LogP contribution in [-0.2, 0) is 11.2 Å². The van der Waals surface area contributed by atoms with Crippen molar-refractivity contribution in [2.24, 2.45) is 0 Å². The number of carbonyl (C=O) groups excluding carboxylic acids is 1. The van der Waals surface area contributed by atoms with Gasteiger partial charge in [-0.3, -0.25) is 4.79 Å². The first-order valence-electron chi connectivity index (χ1n) is 8.28. The van der Waals surface area contributed by atoms with E-state index in [1.165, 1.54) is 0 Å². The highest BCUT2D eigenvalue weighted by Gasteiger charge is 2.11. The van der Waals surface area contributed by atoms with Gasteiger partial charge >= 0.3 is 0 Å². The predicted octanol–water partition coefficient (Wildman–Crippen LogP) is 4.23. The van der Waals surface area contributed by atoms with E-state index in [4.69, 9.17) is 4.42 Å². The van der Waals surface area contributed by atoms with Gasteiger partial charge in [0.15, 0.2) is 0 Å². The summed E-state index contributed by atoms with van der Waals surface area (Å²) in [5, 5.41) is 11.0. The van der Waals surface area contributed by atoms with Crippen molar-refractivity contribution in [2.75, 3.05) is 5.32 Å². The molecule has 0 unspecified atom stereocenters. The summed E-state index contributed by atoms with van der Waals surface area (Å²) < 4.78 is 5.67. The second-order valence-corrected chi connectivity index (χ2v) is 6.24. The Morgan fingerprint density at radius 1 is 1.04 bits per heavy atom. The zero-order valence-corrected chi connectivity index (χ0v) is 14.7. The Kier molecular flexibility index (Phi) is 4.93. The Morgan fingerprint density at radius 3 is 2.64 bits per heavy atom. The highest BCUT2D eigenvalue weighted by molar-refractivity contribution is 5.91. The van der Waals surface area contributed by atoms with Crippen LogP contribution in [0.15, 0.2) is 46.9 Å². The van der Waals surface area contributed by atoms with Crippen LogP contribution < -0.4 is 5.32 Å². The van der Waals surface area contributed by atoms with Crippen LogP contribution in [-0.4, -0.2) is 16.1 Å². The second kappa shape index (κ2) is 7.30. The molecule has 5 nitrogen and oxygen atoms in total. The third kappa shape index (κ3) is 4.32. The summed E-state index contributed by atoms with van der Waals surface area (Å²) in [4.78, 5) is 12.2. The Morgan fingerprint density at radius 2 is 1.84 bits per heavy atom. The largest absolute Gasteiger partial charge is 0.421 e. The molecule has 1 amide bonds. The maximum absolute atomic E-state index is 12.2. The highest BCUT2D eigenvalue weighted by Crippen LogP contribution is 2.20. The number of aromatic nitrogens is 2. The molecule has 1 heterocycles. The average Bonchev–Trinajstić information content (AvgIpc) is 3.05. The van der Waals surface area contributed by atoms with Gasteiger partial charge in [0.05, 0.1) is 0 Å². The number of anilines is 1. The van der Waals surface area contributed by atoms with Gasteiger partial charge in [0, 0.05) is 24.1 Å². The second-order valence-electron chi connectivity index (χ2n) is 6.24. The molecule has 0 aliphatic rings. The van der Waals surface area contributed by atoms with Crippen molar-refractivity contribution in [3.05, 3.63) is 65.0 Å². The Bertz CT molecular complexity index is 899. The fraction of sp³-hybridized carbons (Fsp3) is 0.250. The summed E-state index contributed by atoms with van der Waals surface area (Å²) in [6, 6.07) is 13.9. The van der Waals surface area contributed by atoms with Crippen molar-refractivity contribution in [3.8, 4) is 11.5 Å². The van der Waals surface area contributed by atoms with Crippen LogP contribution in [0.5, 0.6) is 0 Å². The maximum Gasteiger partial charge on any atom is 0.247 e. The molecular weight excluding hydrogens is 314 g/mol. The molecule has 0 radical (unpaired) electrons. The molecule has 0 aliphatic carbocycles. The minimum atomic E-state index is -0.0657. The third-order valence-corrected chi connectivity index (χ3v) is 3.96. The molecule has 5 heteroatoms. The molecule has 1 N–H and O–H groups in total. The van der Waals surface area contributed by atoms with Gasteiger partial charge in [0.2, 0.25) is 17.7 Å². The summed E-state index contributed by atoms with van der Waals surface area (Å²) in [5.41, 5.74) is 5.01. The van der Waals surface area contributed by atoms with Crippen LogP contribution in [0.4, 0.5) is 5.69 Å². The van der Waals surface area contributed by atoms with Gasteiger partial charge in [0.1, 0.15) is 0 Å². The maximum atomic E-state index is 12.2. The molecule has 25 heavy (non-hydrogen) atoms. The molecule has 0 bridgehead atoms. The standard InChI is InChI=1S/C20H21N3O2/c1-13-5-4-6-16(11-13)20-23-22-19(25-20)10-9-18(24)21-17-12-14(2)7-8-15(17)3/h4-8,11-12H,9-10H2,1-3H3,(H,21,24). The molecule has 0 saturated heterocycles. The smallest absolute Gasteiger partial charge is 0.247 e. The Labute approximate surface area is 147 Å². The first-order chi connectivity index (χ1) is 12.0. The summed E-state index contributed by atoms with van der Waals surface area (Å²) in [6.45, 7) is 5.99. The monoisotopic (exact) mass is 335 g/mol. The highest BCUT2D eigenvalue weighted by atomic mass is 16.4. The average molecular weight is 335 g/mol. The molecule has 0 atom stereocenters. The number of amides is 1. The lowest BCUT2D eigenvalue weighted by Crippen LogP contribution is -2.13. The lowest BCUT2D eigenvalue weighted by molar-refractivity contribution is -0.116. The van der Waals surface area contributed by atoms with Crippen molar-refractivity contribution in [1.29, 1.82) is 0 Å². The predicted molar refractivity (Wildman–Crippen MR) is 97.3 cm³/mol. The van der Waals surface area contributed by atoms with Crippen molar-refractivity contribution in [1.82, 2.24) is 10.2 Å². The van der Waals surface area contributed by atoms with E-state index in [2.05, 4.69) is 15.5 Å². The number of aryl methyl sites for hydroxylation is 4. The minimum absolute atomic E-state index is 0.0657. The van der Waals surface area contributed by atoms with Crippen molar-refractivity contribution in [3.63, 3.8) is 0 Å². The zero-order chi connectivity index (χ0) is 17.8. The molecule has 0 fully saturated rings. The zero-order valence-electron chi connectivity index (χ0n) is 14.7. The number of carbonyl (C=O) groups is 1. The Hall–Kier alpha value is -2.95. The normalized spacial score (nSPS) is 10.7. The molecule has 0 spiro atoms. The van der Waals surface area contributed by atoms with Gasteiger partial charge < -0.3 is 9.73 Å². The number of benzene rings is 2. The molecule has 1 aromatic heterocycles. The van der Waals surface area contributed by atoms with E-state index in [1.807, 2.05) is 63.2 Å². The van der Waals surface area contributed by atoms with Crippen LogP contribution >= 0.6 is 0 Å². The number of nitrogens with zero attached hydrogens (tertiary/aromatic N) is 2. The Balaban J connectivity index is 1.60. The molecule has 0 aliphatic heterocycles. The number of hydrogen-bond donors (Lipinski definition) is 1. The first-order valence-corrected chi connectivity index (χ1v) is 8.28. The number of nitrogens with one attached hydrogen (secondary N) is 1. The fourth-order valence-corrected chi connectivity index (χ4v) is 2.55. The fourth-order valence-electron chi connectivity index (χ4n) is 2.55. The summed E-state index contributed by atoms with van der Waals surface area (Å²) in [5.74, 6) is 0.880. The molecule has 0 saturated carbocycles. The lowest BCUT2D eigenvalue weighted by Gasteiger charge is -2.08. The SMILES string of the molecule is Cc1cccc(-c2nnc(CCC(=O)Nc3cc(C)ccc3C)o2)c1. The number of hydrogen-bond acceptors (Lipinski definition) is 4. The van der Waals surface area contributed by atoms with Crippen LogP contribution in [0.25, 0.3) is 11.5 Å². The van der Waals surface area contributed by atoms with Gasteiger partial charge in [-0.25, -0.2) is 0 Å². The van der Waals surface area contributed by atoms with E-state index < -0.39 is 0 Å². The van der Waals surface area contributed by atoms with Crippen molar-refractivity contribution in [2.45, 2.75) is 33.6 Å². The van der Waals surface area contributed by atoms with E-state index >= 15 is 0 Å². The van der Waals surface area contributed by atoms with Gasteiger partial charge in [-0.15, -0.1) is 10.2 Å². The van der Waals surface area contributed by atoms with E-state index in [0.29, 0.717) is 24.6 Å². The van der Waals surface area contributed by atoms with E-state index in [9.17, 15) is 4.79 Å². The van der Waals surface area contributed by atoms with E-state index in [0.717, 1.165) is 27.9 Å². The van der Waals surface area contributed by atoms with Crippen LogP contribution in [0.3, 0.4) is 0 Å². The first kappa shape index (κ1) is 16.9. The molecular formula is C20H21N3O2. The summed E-state index contributed by atoms with van der Waals surface area (Å²) in [6.07, 6.45) is 0.707. The number of rotatable bonds is 5. The topological polar surface area (TPSA) is 68.0 Å². The van der Waals surface area contributed by atoms with Gasteiger partial charge in [0.25, 0.3) is 0 Å². The minimum Gasteiger partial charge on any atom is -0.421 e. The van der Waals surface area contributed by atoms with Crippen molar-refractivity contribution >= 4 is 11.6 Å². The van der Waals surface area contributed by atoms with E-state index in [-0.39, 0.29) is 5.91 Å². The van der Waals surface area contributed by atoms with Gasteiger partial charge in [-0.1, -0.05) is 29.8 Å². The van der Waals surface area contributed by atoms with Crippen LogP contribution in [0, 0.1) is 20.8 Å². The quantitative estimate of drug-likeness (QED) is 0.757. The van der Waals surface area contributed by atoms with Gasteiger partial charge in [-0.05, 0) is 50.1 Å². The van der Waals surface area contributed by atoms with Gasteiger partial charge in [-0.2, -0.15) is 0 Å². The molecule has 3 aromatic rings. The molecule has 3 rings (SSSR count). The van der Waals surface area contributed by atoms with Crippen LogP contribution in [0.2, 0.25) is 0 Å². The van der Waals surface area contributed by atoms with E-state index in [1.54, 1.807) is 0 Å². The summed E-state index contributed by atoms with van der Waals surface area (Å²) in [7, 11) is 0. The molecule has 2 aromatic carbocycles. The lowest BCUT2D eigenvalue weighted by atomic mass is 10.1. The summed E-state index contributed by atoms with van der Waals surface area (Å²) >= 11 is 0.